The van der Waals surface area contributed by atoms with Crippen LogP contribution in [0.5, 0.6) is 0 Å². The Morgan fingerprint density at radius 3 is 2.71 bits per heavy atom. The molecule has 0 fully saturated rings. The van der Waals surface area contributed by atoms with E-state index in [1.54, 1.807) is 11.3 Å². The number of aromatic nitrogens is 2. The molecule has 2 heterocycles. The van der Waals surface area contributed by atoms with Crippen LogP contribution in [0.4, 0.5) is 5.82 Å². The van der Waals surface area contributed by atoms with Gasteiger partial charge in [0.15, 0.2) is 0 Å². The Labute approximate surface area is 136 Å². The van der Waals surface area contributed by atoms with Crippen LogP contribution >= 0.6 is 27.3 Å². The molecule has 1 N–H and O–H groups in total. The highest BCUT2D eigenvalue weighted by Crippen LogP contribution is 2.26. The van der Waals surface area contributed by atoms with Crippen molar-refractivity contribution in [2.75, 3.05) is 11.9 Å². The molecule has 1 aromatic carbocycles. The van der Waals surface area contributed by atoms with E-state index in [0.717, 1.165) is 45.7 Å². The largest absolute Gasteiger partial charge is 0.369 e. The second-order valence-electron chi connectivity index (χ2n) is 4.86. The smallest absolute Gasteiger partial charge is 0.138 e. The number of rotatable bonds is 5. The van der Waals surface area contributed by atoms with E-state index in [4.69, 9.17) is 4.98 Å². The highest BCUT2D eigenvalue weighted by molar-refractivity contribution is 9.10. The standard InChI is InChI=1S/C16H16BrN3S/c1-2-8-18-15-13-7-9-21-16(13)20-14(19-15)10-11-3-5-12(17)6-4-11/h3-7,9H,2,8,10H2,1H3,(H,18,19,20). The van der Waals surface area contributed by atoms with Crippen molar-refractivity contribution in [3.63, 3.8) is 0 Å². The first-order valence-corrected chi connectivity index (χ1v) is 8.66. The normalized spacial score (nSPS) is 11.0. The minimum Gasteiger partial charge on any atom is -0.369 e. The van der Waals surface area contributed by atoms with Crippen molar-refractivity contribution in [3.8, 4) is 0 Å². The summed E-state index contributed by atoms with van der Waals surface area (Å²) < 4.78 is 1.09. The fourth-order valence-electron chi connectivity index (χ4n) is 2.14. The van der Waals surface area contributed by atoms with E-state index < -0.39 is 0 Å². The molecule has 0 aliphatic carbocycles. The zero-order valence-corrected chi connectivity index (χ0v) is 14.2. The van der Waals surface area contributed by atoms with Gasteiger partial charge in [-0.2, -0.15) is 0 Å². The first-order valence-electron chi connectivity index (χ1n) is 6.98. The lowest BCUT2D eigenvalue weighted by Gasteiger charge is -2.08. The summed E-state index contributed by atoms with van der Waals surface area (Å²) in [5, 5.41) is 6.59. The summed E-state index contributed by atoms with van der Waals surface area (Å²) >= 11 is 5.12. The van der Waals surface area contributed by atoms with Gasteiger partial charge < -0.3 is 5.32 Å². The second kappa shape index (κ2) is 6.54. The lowest BCUT2D eigenvalue weighted by Crippen LogP contribution is -2.05. The number of nitrogens with one attached hydrogen (secondary N) is 1. The molecule has 0 radical (unpaired) electrons. The maximum Gasteiger partial charge on any atom is 0.138 e. The molecule has 5 heteroatoms. The lowest BCUT2D eigenvalue weighted by atomic mass is 10.1. The molecule has 0 atom stereocenters. The third-order valence-electron chi connectivity index (χ3n) is 3.19. The van der Waals surface area contributed by atoms with E-state index in [1.165, 1.54) is 5.56 Å². The number of hydrogen-bond donors (Lipinski definition) is 1. The van der Waals surface area contributed by atoms with Crippen molar-refractivity contribution in [1.82, 2.24) is 9.97 Å². The molecule has 0 spiro atoms. The molecule has 108 valence electrons. The van der Waals surface area contributed by atoms with Crippen LogP contribution < -0.4 is 5.32 Å². The number of fused-ring (bicyclic) bond motifs is 1. The summed E-state index contributed by atoms with van der Waals surface area (Å²) in [6, 6.07) is 10.4. The van der Waals surface area contributed by atoms with Gasteiger partial charge in [0.1, 0.15) is 16.5 Å². The second-order valence-corrected chi connectivity index (χ2v) is 6.67. The van der Waals surface area contributed by atoms with Crippen molar-refractivity contribution >= 4 is 43.3 Å². The van der Waals surface area contributed by atoms with E-state index in [0.29, 0.717) is 0 Å². The molecular formula is C16H16BrN3S. The Bertz CT molecular complexity index is 737. The number of anilines is 1. The number of benzene rings is 1. The first-order chi connectivity index (χ1) is 10.3. The third-order valence-corrected chi connectivity index (χ3v) is 4.52. The molecule has 0 aliphatic heterocycles. The molecule has 0 amide bonds. The monoisotopic (exact) mass is 361 g/mol. The summed E-state index contributed by atoms with van der Waals surface area (Å²) in [7, 11) is 0. The summed E-state index contributed by atoms with van der Waals surface area (Å²) in [5.74, 6) is 1.82. The van der Waals surface area contributed by atoms with Crippen LogP contribution in [0.15, 0.2) is 40.2 Å². The van der Waals surface area contributed by atoms with Gasteiger partial charge in [-0.15, -0.1) is 11.3 Å². The highest BCUT2D eigenvalue weighted by atomic mass is 79.9. The molecule has 0 unspecified atom stereocenters. The molecular weight excluding hydrogens is 346 g/mol. The molecule has 3 aromatic rings. The van der Waals surface area contributed by atoms with Gasteiger partial charge in [-0.1, -0.05) is 35.0 Å². The van der Waals surface area contributed by atoms with Crippen molar-refractivity contribution in [1.29, 1.82) is 0 Å². The van der Waals surface area contributed by atoms with Gasteiger partial charge in [0, 0.05) is 17.4 Å². The van der Waals surface area contributed by atoms with Crippen LogP contribution in [0.25, 0.3) is 10.2 Å². The number of hydrogen-bond acceptors (Lipinski definition) is 4. The van der Waals surface area contributed by atoms with Gasteiger partial charge in [0.25, 0.3) is 0 Å². The van der Waals surface area contributed by atoms with Crippen LogP contribution in [0, 0.1) is 0 Å². The minimum atomic E-state index is 0.752. The quantitative estimate of drug-likeness (QED) is 0.704. The Hall–Kier alpha value is -1.46. The topological polar surface area (TPSA) is 37.8 Å². The maximum absolute atomic E-state index is 4.70. The lowest BCUT2D eigenvalue weighted by molar-refractivity contribution is 0.948. The van der Waals surface area contributed by atoms with E-state index in [9.17, 15) is 0 Å². The van der Waals surface area contributed by atoms with Gasteiger partial charge in [-0.25, -0.2) is 9.97 Å². The maximum atomic E-state index is 4.70. The number of nitrogens with zero attached hydrogens (tertiary/aromatic N) is 2. The van der Waals surface area contributed by atoms with Gasteiger partial charge in [0.05, 0.1) is 5.39 Å². The van der Waals surface area contributed by atoms with E-state index in [1.807, 2.05) is 0 Å². The van der Waals surface area contributed by atoms with Gasteiger partial charge in [-0.3, -0.25) is 0 Å². The van der Waals surface area contributed by atoms with Crippen molar-refractivity contribution in [2.45, 2.75) is 19.8 Å². The van der Waals surface area contributed by atoms with Crippen molar-refractivity contribution < 1.29 is 0 Å². The predicted octanol–water partition coefficient (Wildman–Crippen LogP) is 4.87. The summed E-state index contributed by atoms with van der Waals surface area (Å²) in [6.45, 7) is 3.08. The summed E-state index contributed by atoms with van der Waals surface area (Å²) in [6.07, 6.45) is 1.83. The van der Waals surface area contributed by atoms with Gasteiger partial charge >= 0.3 is 0 Å². The van der Waals surface area contributed by atoms with Crippen LogP contribution in [0.3, 0.4) is 0 Å². The molecule has 21 heavy (non-hydrogen) atoms. The van der Waals surface area contributed by atoms with Crippen LogP contribution in [0.2, 0.25) is 0 Å². The predicted molar refractivity (Wildman–Crippen MR) is 93.1 cm³/mol. The van der Waals surface area contributed by atoms with E-state index >= 15 is 0 Å². The van der Waals surface area contributed by atoms with Crippen molar-refractivity contribution in [2.24, 2.45) is 0 Å². The van der Waals surface area contributed by atoms with Crippen LogP contribution in [-0.2, 0) is 6.42 Å². The fraction of sp³-hybridized carbons (Fsp3) is 0.250. The molecule has 0 saturated carbocycles. The molecule has 0 saturated heterocycles. The molecule has 3 rings (SSSR count). The Morgan fingerprint density at radius 1 is 1.14 bits per heavy atom. The summed E-state index contributed by atoms with van der Waals surface area (Å²) in [5.41, 5.74) is 1.22. The van der Waals surface area contributed by atoms with Crippen LogP contribution in [-0.4, -0.2) is 16.5 Å². The van der Waals surface area contributed by atoms with E-state index in [-0.39, 0.29) is 0 Å². The highest BCUT2D eigenvalue weighted by Gasteiger charge is 2.09. The molecule has 2 aromatic heterocycles. The van der Waals surface area contributed by atoms with Gasteiger partial charge in [0.2, 0.25) is 0 Å². The molecule has 3 nitrogen and oxygen atoms in total. The minimum absolute atomic E-state index is 0.752. The third kappa shape index (κ3) is 3.41. The molecule has 0 aliphatic rings. The van der Waals surface area contributed by atoms with E-state index in [2.05, 4.69) is 68.9 Å². The van der Waals surface area contributed by atoms with Crippen LogP contribution in [0.1, 0.15) is 24.7 Å². The summed E-state index contributed by atoms with van der Waals surface area (Å²) in [4.78, 5) is 10.4. The Morgan fingerprint density at radius 2 is 1.95 bits per heavy atom. The number of thiophene rings is 1. The Kier molecular flexibility index (Phi) is 4.51. The SMILES string of the molecule is CCCNc1nc(Cc2ccc(Br)cc2)nc2sccc12. The van der Waals surface area contributed by atoms with Crippen molar-refractivity contribution in [3.05, 3.63) is 51.6 Å². The molecule has 0 bridgehead atoms. The number of halogens is 1. The fourth-order valence-corrected chi connectivity index (χ4v) is 3.19. The zero-order valence-electron chi connectivity index (χ0n) is 11.8. The first kappa shape index (κ1) is 14.5. The van der Waals surface area contributed by atoms with Gasteiger partial charge in [-0.05, 0) is 35.6 Å². The average Bonchev–Trinajstić information content (AvgIpc) is 2.95. The average molecular weight is 362 g/mol. The Balaban J connectivity index is 1.92. The zero-order chi connectivity index (χ0) is 14.7.